The molecule has 0 aliphatic heterocycles. The van der Waals surface area contributed by atoms with Gasteiger partial charge in [-0.05, 0) is 40.6 Å². The van der Waals surface area contributed by atoms with E-state index in [0.29, 0.717) is 5.75 Å². The van der Waals surface area contributed by atoms with Crippen molar-refractivity contribution < 1.29 is 0 Å². The molecule has 0 radical (unpaired) electrons. The first-order chi connectivity index (χ1) is 10.6. The van der Waals surface area contributed by atoms with E-state index in [1.54, 1.807) is 23.5 Å². The van der Waals surface area contributed by atoms with E-state index in [9.17, 15) is 4.79 Å². The summed E-state index contributed by atoms with van der Waals surface area (Å²) < 4.78 is 4.33. The van der Waals surface area contributed by atoms with Gasteiger partial charge in [0.05, 0.1) is 5.69 Å². The van der Waals surface area contributed by atoms with Crippen molar-refractivity contribution in [2.75, 3.05) is 0 Å². The number of hydrogen-bond donors (Lipinski definition) is 0. The molecule has 7 nitrogen and oxygen atoms in total. The second-order valence-electron chi connectivity index (χ2n) is 4.99. The normalized spacial score (nSPS) is 11.0. The Morgan fingerprint density at radius 3 is 2.64 bits per heavy atom. The van der Waals surface area contributed by atoms with E-state index in [0.717, 1.165) is 21.8 Å². The first-order valence-electron chi connectivity index (χ1n) is 6.76. The highest BCUT2D eigenvalue weighted by molar-refractivity contribution is 7.98. The Balaban J connectivity index is 1.96. The van der Waals surface area contributed by atoms with E-state index in [2.05, 4.69) is 15.5 Å². The number of nitrogens with zero attached hydrogens (tertiary/aromatic N) is 6. The molecule has 0 aliphatic rings. The average molecular weight is 316 g/mol. The van der Waals surface area contributed by atoms with Crippen molar-refractivity contribution in [1.29, 1.82) is 0 Å². The van der Waals surface area contributed by atoms with Crippen LogP contribution in [0.25, 0.3) is 5.69 Å². The van der Waals surface area contributed by atoms with E-state index >= 15 is 0 Å². The Bertz CT molecular complexity index is 862. The molecular formula is C14H16N6OS. The van der Waals surface area contributed by atoms with Crippen molar-refractivity contribution in [3.63, 3.8) is 0 Å². The lowest BCUT2D eigenvalue weighted by molar-refractivity contribution is 0.692. The summed E-state index contributed by atoms with van der Waals surface area (Å²) in [5.41, 5.74) is 2.68. The van der Waals surface area contributed by atoms with E-state index in [-0.39, 0.29) is 5.69 Å². The number of hydrogen-bond acceptors (Lipinski definition) is 5. The van der Waals surface area contributed by atoms with Crippen molar-refractivity contribution in [1.82, 2.24) is 29.6 Å². The Morgan fingerprint density at radius 1 is 1.18 bits per heavy atom. The van der Waals surface area contributed by atoms with Gasteiger partial charge in [0, 0.05) is 26.0 Å². The van der Waals surface area contributed by atoms with Gasteiger partial charge < -0.3 is 0 Å². The molecule has 0 unspecified atom stereocenters. The van der Waals surface area contributed by atoms with Gasteiger partial charge in [0.25, 0.3) is 0 Å². The third-order valence-electron chi connectivity index (χ3n) is 3.39. The molecule has 2 aromatic heterocycles. The van der Waals surface area contributed by atoms with Crippen LogP contribution < -0.4 is 5.69 Å². The number of aromatic nitrogens is 6. The highest BCUT2D eigenvalue weighted by Crippen LogP contribution is 2.26. The van der Waals surface area contributed by atoms with Crippen molar-refractivity contribution >= 4 is 11.8 Å². The molecule has 3 aromatic rings. The molecule has 22 heavy (non-hydrogen) atoms. The Labute approximate surface area is 131 Å². The third-order valence-corrected chi connectivity index (χ3v) is 4.34. The van der Waals surface area contributed by atoms with Crippen LogP contribution in [0.5, 0.6) is 0 Å². The maximum Gasteiger partial charge on any atom is 0.368 e. The highest BCUT2D eigenvalue weighted by atomic mass is 32.2. The second kappa shape index (κ2) is 5.80. The number of benzene rings is 1. The summed E-state index contributed by atoms with van der Waals surface area (Å²) in [6, 6.07) is 7.80. The minimum Gasteiger partial charge on any atom is -0.275 e. The summed E-state index contributed by atoms with van der Waals surface area (Å²) in [4.78, 5) is 12.1. The molecule has 2 heterocycles. The quantitative estimate of drug-likeness (QED) is 0.679. The zero-order chi connectivity index (χ0) is 15.7. The Hall–Kier alpha value is -2.35. The van der Waals surface area contributed by atoms with Gasteiger partial charge in [0.15, 0.2) is 0 Å². The van der Waals surface area contributed by atoms with Crippen LogP contribution >= 0.6 is 11.8 Å². The van der Waals surface area contributed by atoms with Gasteiger partial charge in [-0.15, -0.1) is 0 Å². The van der Waals surface area contributed by atoms with Crippen LogP contribution in [-0.2, 0) is 19.8 Å². The van der Waals surface area contributed by atoms with E-state index < -0.39 is 0 Å². The summed E-state index contributed by atoms with van der Waals surface area (Å²) in [7, 11) is 3.48. The topological polar surface area (TPSA) is 70.5 Å². The Morgan fingerprint density at radius 2 is 2.00 bits per heavy atom. The number of rotatable bonds is 4. The van der Waals surface area contributed by atoms with Crippen LogP contribution in [0, 0.1) is 6.92 Å². The maximum absolute atomic E-state index is 12.1. The number of tetrazole rings is 1. The minimum atomic E-state index is -0.255. The van der Waals surface area contributed by atoms with Crippen molar-refractivity contribution in [3.8, 4) is 5.69 Å². The molecule has 0 aliphatic carbocycles. The first-order valence-corrected chi connectivity index (χ1v) is 7.75. The molecule has 0 spiro atoms. The fourth-order valence-electron chi connectivity index (χ4n) is 2.15. The Kier molecular flexibility index (Phi) is 3.84. The fourth-order valence-corrected chi connectivity index (χ4v) is 3.17. The van der Waals surface area contributed by atoms with Crippen molar-refractivity contribution in [2.45, 2.75) is 17.7 Å². The summed E-state index contributed by atoms with van der Waals surface area (Å²) in [6.45, 7) is 2.03. The molecule has 0 saturated carbocycles. The fraction of sp³-hybridized carbons (Fsp3) is 0.286. The van der Waals surface area contributed by atoms with Crippen molar-refractivity contribution in [2.24, 2.45) is 14.1 Å². The standard InChI is InChI=1S/C14H16N6OS/c1-10-5-4-6-12(20-14(21)19(3)16-17-20)11(10)9-22-13-7-8-18(2)15-13/h4-8H,9H2,1-3H3. The monoisotopic (exact) mass is 316 g/mol. The van der Waals surface area contributed by atoms with Crippen LogP contribution in [0.2, 0.25) is 0 Å². The van der Waals surface area contributed by atoms with Crippen LogP contribution in [0.3, 0.4) is 0 Å². The predicted molar refractivity (Wildman–Crippen MR) is 84.1 cm³/mol. The van der Waals surface area contributed by atoms with Gasteiger partial charge in [0.1, 0.15) is 5.03 Å². The van der Waals surface area contributed by atoms with Gasteiger partial charge in [-0.2, -0.15) is 14.5 Å². The van der Waals surface area contributed by atoms with Gasteiger partial charge in [-0.25, -0.2) is 4.79 Å². The summed E-state index contributed by atoms with van der Waals surface area (Å²) in [5, 5.41) is 13.0. The van der Waals surface area contributed by atoms with Crippen molar-refractivity contribution in [3.05, 3.63) is 52.1 Å². The SMILES string of the molecule is Cc1cccc(-n2nnn(C)c2=O)c1CSc1ccn(C)n1. The average Bonchev–Trinajstić information content (AvgIpc) is 3.05. The molecule has 0 fully saturated rings. The summed E-state index contributed by atoms with van der Waals surface area (Å²) in [5.74, 6) is 0.710. The maximum atomic E-state index is 12.1. The van der Waals surface area contributed by atoms with Gasteiger partial charge in [-0.3, -0.25) is 4.68 Å². The molecule has 3 rings (SSSR count). The van der Waals surface area contributed by atoms with E-state index in [4.69, 9.17) is 0 Å². The second-order valence-corrected chi connectivity index (χ2v) is 5.98. The molecule has 0 saturated heterocycles. The smallest absolute Gasteiger partial charge is 0.275 e. The van der Waals surface area contributed by atoms with Gasteiger partial charge >= 0.3 is 5.69 Å². The lowest BCUT2D eigenvalue weighted by Crippen LogP contribution is -2.23. The first kappa shape index (κ1) is 14.6. The minimum absolute atomic E-state index is 0.255. The molecule has 0 atom stereocenters. The van der Waals surface area contributed by atoms with Crippen LogP contribution in [0.15, 0.2) is 40.3 Å². The summed E-state index contributed by atoms with van der Waals surface area (Å²) in [6.07, 6.45) is 1.91. The highest BCUT2D eigenvalue weighted by Gasteiger charge is 2.13. The number of aryl methyl sites for hydroxylation is 3. The summed E-state index contributed by atoms with van der Waals surface area (Å²) >= 11 is 1.63. The predicted octanol–water partition coefficient (Wildman–Crippen LogP) is 1.30. The number of thioether (sulfide) groups is 1. The van der Waals surface area contributed by atoms with E-state index in [1.165, 1.54) is 9.36 Å². The van der Waals surface area contributed by atoms with E-state index in [1.807, 2.05) is 44.4 Å². The van der Waals surface area contributed by atoms with Crippen LogP contribution in [0.1, 0.15) is 11.1 Å². The lowest BCUT2D eigenvalue weighted by atomic mass is 10.1. The molecule has 0 N–H and O–H groups in total. The molecular weight excluding hydrogens is 300 g/mol. The molecule has 114 valence electrons. The molecule has 8 heteroatoms. The molecule has 0 amide bonds. The largest absolute Gasteiger partial charge is 0.368 e. The zero-order valence-electron chi connectivity index (χ0n) is 12.6. The molecule has 1 aromatic carbocycles. The molecule has 0 bridgehead atoms. The zero-order valence-corrected chi connectivity index (χ0v) is 13.4. The lowest BCUT2D eigenvalue weighted by Gasteiger charge is -2.10. The van der Waals surface area contributed by atoms with Gasteiger partial charge in [-0.1, -0.05) is 23.9 Å². The van der Waals surface area contributed by atoms with Crippen LogP contribution in [-0.4, -0.2) is 29.6 Å². The van der Waals surface area contributed by atoms with Gasteiger partial charge in [0.2, 0.25) is 0 Å². The van der Waals surface area contributed by atoms with Crippen LogP contribution in [0.4, 0.5) is 0 Å². The third kappa shape index (κ3) is 2.69.